The van der Waals surface area contributed by atoms with Crippen molar-refractivity contribution in [3.05, 3.63) is 36.5 Å². The fourth-order valence-corrected chi connectivity index (χ4v) is 9.18. The third kappa shape index (κ3) is 56.5. The maximum atomic E-state index is 12.8. The van der Waals surface area contributed by atoms with Gasteiger partial charge in [0.15, 0.2) is 6.10 Å². The van der Waals surface area contributed by atoms with E-state index in [0.717, 1.165) is 70.6 Å². The van der Waals surface area contributed by atoms with Crippen LogP contribution in [0.4, 0.5) is 0 Å². The van der Waals surface area contributed by atoms with E-state index >= 15 is 0 Å². The van der Waals surface area contributed by atoms with Gasteiger partial charge in [-0.05, 0) is 77.0 Å². The highest BCUT2D eigenvalue weighted by Crippen LogP contribution is 2.17. The van der Waals surface area contributed by atoms with Gasteiger partial charge < -0.3 is 14.2 Å². The molecule has 0 aromatic heterocycles. The van der Waals surface area contributed by atoms with Crippen molar-refractivity contribution in [3.8, 4) is 0 Å². The van der Waals surface area contributed by atoms with Gasteiger partial charge in [-0.3, -0.25) is 14.4 Å². The summed E-state index contributed by atoms with van der Waals surface area (Å²) in [7, 11) is 0. The number of carbonyl (C=O) groups is 3. The lowest BCUT2D eigenvalue weighted by atomic mass is 10.0. The van der Waals surface area contributed by atoms with Crippen LogP contribution in [-0.4, -0.2) is 37.2 Å². The molecule has 70 heavy (non-hydrogen) atoms. The van der Waals surface area contributed by atoms with Crippen LogP contribution in [0.5, 0.6) is 0 Å². The molecule has 0 fully saturated rings. The Hall–Kier alpha value is -2.37. The summed E-state index contributed by atoms with van der Waals surface area (Å²) in [5.41, 5.74) is 0. The van der Waals surface area contributed by atoms with Crippen molar-refractivity contribution < 1.29 is 28.6 Å². The van der Waals surface area contributed by atoms with Gasteiger partial charge in [-0.1, -0.05) is 276 Å². The predicted molar refractivity (Wildman–Crippen MR) is 302 cm³/mol. The number of carbonyl (C=O) groups excluding carboxylic acids is 3. The Kier molecular flexibility index (Phi) is 57.2. The minimum absolute atomic E-state index is 0.0708. The normalized spacial score (nSPS) is 12.2. The summed E-state index contributed by atoms with van der Waals surface area (Å²) in [5.74, 6) is -0.866. The van der Waals surface area contributed by atoms with Crippen LogP contribution in [0, 0.1) is 0 Å². The molecule has 0 aromatic carbocycles. The Morgan fingerprint density at radius 2 is 0.514 bits per heavy atom. The smallest absolute Gasteiger partial charge is 0.306 e. The van der Waals surface area contributed by atoms with Crippen molar-refractivity contribution >= 4 is 17.9 Å². The molecule has 0 saturated carbocycles. The summed E-state index contributed by atoms with van der Waals surface area (Å²) in [6.45, 7) is 6.61. The van der Waals surface area contributed by atoms with Gasteiger partial charge in [-0.25, -0.2) is 0 Å². The quantitative estimate of drug-likeness (QED) is 0.0261. The van der Waals surface area contributed by atoms with Gasteiger partial charge in [0.2, 0.25) is 0 Å². The molecular formula is C64H118O6. The molecular weight excluding hydrogens is 865 g/mol. The molecule has 6 heteroatoms. The van der Waals surface area contributed by atoms with Crippen LogP contribution in [-0.2, 0) is 28.6 Å². The second-order valence-corrected chi connectivity index (χ2v) is 21.0. The first kappa shape index (κ1) is 67.6. The van der Waals surface area contributed by atoms with Crippen molar-refractivity contribution in [2.75, 3.05) is 13.2 Å². The van der Waals surface area contributed by atoms with E-state index in [1.165, 1.54) is 225 Å². The number of allylic oxidation sites excluding steroid dienone is 6. The van der Waals surface area contributed by atoms with E-state index in [-0.39, 0.29) is 31.1 Å². The van der Waals surface area contributed by atoms with Gasteiger partial charge in [0, 0.05) is 19.3 Å². The van der Waals surface area contributed by atoms with Crippen molar-refractivity contribution in [1.29, 1.82) is 0 Å². The first-order chi connectivity index (χ1) is 34.5. The minimum atomic E-state index is -0.770. The highest BCUT2D eigenvalue weighted by Gasteiger charge is 2.19. The Morgan fingerprint density at radius 3 is 0.829 bits per heavy atom. The van der Waals surface area contributed by atoms with E-state index in [0.29, 0.717) is 19.3 Å². The molecule has 0 saturated heterocycles. The largest absolute Gasteiger partial charge is 0.462 e. The molecule has 0 rings (SSSR count). The summed E-state index contributed by atoms with van der Waals surface area (Å²) in [4.78, 5) is 38.0. The topological polar surface area (TPSA) is 78.9 Å². The number of ether oxygens (including phenoxy) is 3. The van der Waals surface area contributed by atoms with Gasteiger partial charge in [-0.2, -0.15) is 0 Å². The zero-order chi connectivity index (χ0) is 50.7. The molecule has 0 aliphatic heterocycles. The van der Waals surface area contributed by atoms with Crippen LogP contribution in [0.25, 0.3) is 0 Å². The fraction of sp³-hybridized carbons (Fsp3) is 0.859. The maximum Gasteiger partial charge on any atom is 0.306 e. The Bertz CT molecular complexity index is 1170. The first-order valence-electron chi connectivity index (χ1n) is 31.0. The van der Waals surface area contributed by atoms with Gasteiger partial charge in [0.05, 0.1) is 0 Å². The molecule has 0 radical (unpaired) electrons. The molecule has 1 unspecified atom stereocenters. The van der Waals surface area contributed by atoms with E-state index in [4.69, 9.17) is 14.2 Å². The number of esters is 3. The molecule has 0 spiro atoms. The standard InChI is InChI=1S/C64H118O6/c1-4-7-10-13-16-19-21-23-24-25-26-27-28-29-30-31-32-33-34-35-36-37-38-39-40-41-43-45-48-51-54-57-63(66)69-60-61(59-68-62(65)56-53-50-47-44-18-15-12-9-6-3)70-64(67)58-55-52-49-46-42-22-20-17-14-11-8-5-2/h17,20-21,23,25-26,61H,4-16,18-19,22,24,27-60H2,1-3H3/b20-17-,23-21-,26-25-. The third-order valence-electron chi connectivity index (χ3n) is 13.9. The van der Waals surface area contributed by atoms with E-state index in [9.17, 15) is 14.4 Å². The Labute approximate surface area is 435 Å². The Balaban J connectivity index is 4.00. The number of hydrogen-bond donors (Lipinski definition) is 0. The molecule has 0 aliphatic rings. The summed E-state index contributed by atoms with van der Waals surface area (Å²) in [6.07, 6.45) is 71.8. The lowest BCUT2D eigenvalue weighted by Gasteiger charge is -2.18. The summed E-state index contributed by atoms with van der Waals surface area (Å²) in [6, 6.07) is 0. The molecule has 0 aromatic rings. The number of rotatable bonds is 57. The molecule has 0 aliphatic carbocycles. The molecule has 410 valence electrons. The van der Waals surface area contributed by atoms with Crippen molar-refractivity contribution in [1.82, 2.24) is 0 Å². The number of hydrogen-bond acceptors (Lipinski definition) is 6. The van der Waals surface area contributed by atoms with Crippen LogP contribution in [0.15, 0.2) is 36.5 Å². The van der Waals surface area contributed by atoms with E-state index < -0.39 is 6.10 Å². The molecule has 0 heterocycles. The van der Waals surface area contributed by atoms with Crippen LogP contribution in [0.3, 0.4) is 0 Å². The lowest BCUT2D eigenvalue weighted by molar-refractivity contribution is -0.167. The minimum Gasteiger partial charge on any atom is -0.462 e. The van der Waals surface area contributed by atoms with Crippen molar-refractivity contribution in [2.24, 2.45) is 0 Å². The van der Waals surface area contributed by atoms with Crippen LogP contribution < -0.4 is 0 Å². The lowest BCUT2D eigenvalue weighted by Crippen LogP contribution is -2.30. The van der Waals surface area contributed by atoms with E-state index in [2.05, 4.69) is 57.2 Å². The van der Waals surface area contributed by atoms with Crippen LogP contribution in [0.2, 0.25) is 0 Å². The van der Waals surface area contributed by atoms with Gasteiger partial charge in [0.1, 0.15) is 13.2 Å². The van der Waals surface area contributed by atoms with E-state index in [1.54, 1.807) is 0 Å². The molecule has 6 nitrogen and oxygen atoms in total. The zero-order valence-electron chi connectivity index (χ0n) is 47.1. The van der Waals surface area contributed by atoms with Crippen molar-refractivity contribution in [2.45, 2.75) is 341 Å². The second kappa shape index (κ2) is 59.2. The average molecular weight is 984 g/mol. The zero-order valence-corrected chi connectivity index (χ0v) is 47.1. The van der Waals surface area contributed by atoms with Gasteiger partial charge in [0.25, 0.3) is 0 Å². The summed E-state index contributed by atoms with van der Waals surface area (Å²) >= 11 is 0. The molecule has 0 amide bonds. The molecule has 0 N–H and O–H groups in total. The SMILES string of the molecule is CCCCC/C=C\CCCCCCCC(=O)OC(COC(=O)CCCCCCCCCCC)COC(=O)CCCCCCCCCCCCCCCCCCCCC/C=C\C/C=C\CCCCCCC. The van der Waals surface area contributed by atoms with Crippen molar-refractivity contribution in [3.63, 3.8) is 0 Å². The highest BCUT2D eigenvalue weighted by atomic mass is 16.6. The molecule has 0 bridgehead atoms. The van der Waals surface area contributed by atoms with Crippen LogP contribution in [0.1, 0.15) is 335 Å². The summed E-state index contributed by atoms with van der Waals surface area (Å²) < 4.78 is 16.8. The second-order valence-electron chi connectivity index (χ2n) is 21.0. The fourth-order valence-electron chi connectivity index (χ4n) is 9.18. The van der Waals surface area contributed by atoms with Crippen LogP contribution >= 0.6 is 0 Å². The maximum absolute atomic E-state index is 12.8. The van der Waals surface area contributed by atoms with Gasteiger partial charge in [-0.15, -0.1) is 0 Å². The predicted octanol–water partition coefficient (Wildman–Crippen LogP) is 20.8. The molecule has 1 atom stereocenters. The third-order valence-corrected chi connectivity index (χ3v) is 13.9. The summed E-state index contributed by atoms with van der Waals surface area (Å²) in [5, 5.41) is 0. The van der Waals surface area contributed by atoms with E-state index in [1.807, 2.05) is 0 Å². The monoisotopic (exact) mass is 983 g/mol. The Morgan fingerprint density at radius 1 is 0.286 bits per heavy atom. The van der Waals surface area contributed by atoms with Gasteiger partial charge >= 0.3 is 17.9 Å². The first-order valence-corrected chi connectivity index (χ1v) is 31.0. The number of unbranched alkanes of at least 4 members (excludes halogenated alkanes) is 40. The highest BCUT2D eigenvalue weighted by molar-refractivity contribution is 5.71. The average Bonchev–Trinajstić information content (AvgIpc) is 3.36.